The normalized spacial score (nSPS) is 12.8. The van der Waals surface area contributed by atoms with Crippen LogP contribution in [-0.2, 0) is 0 Å². The van der Waals surface area contributed by atoms with Gasteiger partial charge < -0.3 is 15.8 Å². The minimum Gasteiger partial charge on any atom is -0.396 e. The van der Waals surface area contributed by atoms with Crippen LogP contribution in [0.1, 0.15) is 23.7 Å². The van der Waals surface area contributed by atoms with Crippen molar-refractivity contribution in [1.29, 1.82) is 0 Å². The molecule has 1 atom stereocenters. The van der Waals surface area contributed by atoms with Crippen molar-refractivity contribution in [3.05, 3.63) is 33.7 Å². The van der Waals surface area contributed by atoms with Gasteiger partial charge in [-0.3, -0.25) is 4.79 Å². The lowest BCUT2D eigenvalue weighted by Gasteiger charge is -2.12. The molecule has 0 aliphatic rings. The van der Waals surface area contributed by atoms with E-state index in [1.807, 2.05) is 0 Å². The van der Waals surface area contributed by atoms with Gasteiger partial charge in [0.25, 0.3) is 0 Å². The first-order valence-corrected chi connectivity index (χ1v) is 4.21. The summed E-state index contributed by atoms with van der Waals surface area (Å²) in [6.07, 6.45) is 0.507. The highest BCUT2D eigenvalue weighted by Gasteiger charge is 2.07. The van der Waals surface area contributed by atoms with E-state index in [0.29, 0.717) is 6.42 Å². The van der Waals surface area contributed by atoms with Gasteiger partial charge >= 0.3 is 0 Å². The maximum absolute atomic E-state index is 10.9. The summed E-state index contributed by atoms with van der Waals surface area (Å²) in [5.41, 5.74) is 7.30. The van der Waals surface area contributed by atoms with E-state index in [2.05, 4.69) is 4.98 Å². The predicted molar refractivity (Wildman–Crippen MR) is 50.4 cm³/mol. The molecule has 1 rings (SSSR count). The van der Waals surface area contributed by atoms with Gasteiger partial charge in [-0.25, -0.2) is 0 Å². The Bertz CT molecular complexity index is 333. The third-order valence-corrected chi connectivity index (χ3v) is 2.00. The Balaban J connectivity index is 2.94. The molecule has 1 heterocycles. The zero-order chi connectivity index (χ0) is 9.84. The maximum Gasteiger partial charge on any atom is 0.248 e. The number of aliphatic hydroxyl groups is 1. The van der Waals surface area contributed by atoms with Crippen molar-refractivity contribution < 1.29 is 5.11 Å². The lowest BCUT2D eigenvalue weighted by molar-refractivity contribution is 0.276. The lowest BCUT2D eigenvalue weighted by atomic mass is 10.0. The molecular formula is C9H14N2O2. The molecule has 0 aliphatic carbocycles. The molecule has 72 valence electrons. The third-order valence-electron chi connectivity index (χ3n) is 2.00. The van der Waals surface area contributed by atoms with E-state index in [0.717, 1.165) is 11.3 Å². The number of aliphatic hydroxyl groups excluding tert-OH is 1. The number of hydrogen-bond donors (Lipinski definition) is 3. The van der Waals surface area contributed by atoms with Crippen molar-refractivity contribution in [3.8, 4) is 0 Å². The van der Waals surface area contributed by atoms with Gasteiger partial charge in [0.2, 0.25) is 5.56 Å². The van der Waals surface area contributed by atoms with Crippen LogP contribution in [0.15, 0.2) is 16.9 Å². The minimum absolute atomic E-state index is 0.0553. The standard InChI is InChI=1S/C9H14N2O2/c1-6-7(8(10)4-5-12)2-3-9(13)11-6/h2-3,8,12H,4-5,10H2,1H3,(H,11,13). The first-order chi connectivity index (χ1) is 6.15. The van der Waals surface area contributed by atoms with E-state index in [9.17, 15) is 4.79 Å². The molecule has 1 aromatic heterocycles. The Kier molecular flexibility index (Phi) is 3.22. The summed E-state index contributed by atoms with van der Waals surface area (Å²) < 4.78 is 0. The number of pyridine rings is 1. The Morgan fingerprint density at radius 2 is 2.31 bits per heavy atom. The molecule has 13 heavy (non-hydrogen) atoms. The summed E-state index contributed by atoms with van der Waals surface area (Å²) in [7, 11) is 0. The maximum atomic E-state index is 10.9. The number of aromatic nitrogens is 1. The molecule has 0 spiro atoms. The number of nitrogens with one attached hydrogen (secondary N) is 1. The van der Waals surface area contributed by atoms with Crippen LogP contribution in [0.5, 0.6) is 0 Å². The largest absolute Gasteiger partial charge is 0.396 e. The van der Waals surface area contributed by atoms with Gasteiger partial charge in [0.05, 0.1) is 0 Å². The molecular weight excluding hydrogens is 168 g/mol. The minimum atomic E-state index is -0.207. The van der Waals surface area contributed by atoms with Crippen molar-refractivity contribution in [2.24, 2.45) is 5.73 Å². The molecule has 1 aromatic rings. The average molecular weight is 182 g/mol. The summed E-state index contributed by atoms with van der Waals surface area (Å²) in [5.74, 6) is 0. The molecule has 4 nitrogen and oxygen atoms in total. The molecule has 4 heteroatoms. The average Bonchev–Trinajstić information content (AvgIpc) is 2.04. The van der Waals surface area contributed by atoms with E-state index < -0.39 is 0 Å². The van der Waals surface area contributed by atoms with E-state index in [1.165, 1.54) is 6.07 Å². The lowest BCUT2D eigenvalue weighted by Crippen LogP contribution is -2.17. The molecule has 0 bridgehead atoms. The number of rotatable bonds is 3. The first-order valence-electron chi connectivity index (χ1n) is 4.21. The van der Waals surface area contributed by atoms with E-state index in [4.69, 9.17) is 10.8 Å². The molecule has 0 saturated carbocycles. The van der Waals surface area contributed by atoms with Crippen molar-refractivity contribution in [3.63, 3.8) is 0 Å². The number of hydrogen-bond acceptors (Lipinski definition) is 3. The first kappa shape index (κ1) is 9.95. The summed E-state index contributed by atoms with van der Waals surface area (Å²) in [5, 5.41) is 8.69. The quantitative estimate of drug-likeness (QED) is 0.618. The fourth-order valence-corrected chi connectivity index (χ4v) is 1.29. The van der Waals surface area contributed by atoms with Crippen molar-refractivity contribution >= 4 is 0 Å². The van der Waals surface area contributed by atoms with Crippen molar-refractivity contribution in [1.82, 2.24) is 4.98 Å². The SMILES string of the molecule is Cc1[nH]c(=O)ccc1C(N)CCO. The summed E-state index contributed by atoms with van der Waals surface area (Å²) in [6, 6.07) is 2.94. The Morgan fingerprint density at radius 1 is 1.62 bits per heavy atom. The van der Waals surface area contributed by atoms with Gasteiger partial charge in [-0.1, -0.05) is 6.07 Å². The molecule has 0 amide bonds. The van der Waals surface area contributed by atoms with Crippen LogP contribution < -0.4 is 11.3 Å². The second-order valence-electron chi connectivity index (χ2n) is 3.02. The second-order valence-corrected chi connectivity index (χ2v) is 3.02. The molecule has 0 aromatic carbocycles. The van der Waals surface area contributed by atoms with Crippen LogP contribution in [0.3, 0.4) is 0 Å². The van der Waals surface area contributed by atoms with Crippen molar-refractivity contribution in [2.75, 3.05) is 6.61 Å². The fraction of sp³-hybridized carbons (Fsp3) is 0.444. The monoisotopic (exact) mass is 182 g/mol. The highest BCUT2D eigenvalue weighted by Crippen LogP contribution is 2.14. The third kappa shape index (κ3) is 2.40. The number of aromatic amines is 1. The van der Waals surface area contributed by atoms with Crippen LogP contribution in [0, 0.1) is 6.92 Å². The van der Waals surface area contributed by atoms with Crippen LogP contribution in [0.25, 0.3) is 0 Å². The van der Waals surface area contributed by atoms with Gasteiger partial charge in [-0.05, 0) is 18.9 Å². The highest BCUT2D eigenvalue weighted by atomic mass is 16.3. The molecule has 0 fully saturated rings. The van der Waals surface area contributed by atoms with E-state index in [1.54, 1.807) is 13.0 Å². The molecule has 1 unspecified atom stereocenters. The second kappa shape index (κ2) is 4.20. The Hall–Kier alpha value is -1.13. The summed E-state index contributed by atoms with van der Waals surface area (Å²) >= 11 is 0. The molecule has 0 radical (unpaired) electrons. The predicted octanol–water partition coefficient (Wildman–Crippen LogP) is 0.0655. The topological polar surface area (TPSA) is 79.1 Å². The van der Waals surface area contributed by atoms with Gasteiger partial charge in [0, 0.05) is 24.4 Å². The number of H-pyrrole nitrogens is 1. The van der Waals surface area contributed by atoms with Crippen LogP contribution >= 0.6 is 0 Å². The number of aryl methyl sites for hydroxylation is 1. The smallest absolute Gasteiger partial charge is 0.248 e. The van der Waals surface area contributed by atoms with E-state index >= 15 is 0 Å². The molecule has 0 aliphatic heterocycles. The van der Waals surface area contributed by atoms with Gasteiger partial charge in [0.15, 0.2) is 0 Å². The molecule has 4 N–H and O–H groups in total. The van der Waals surface area contributed by atoms with Gasteiger partial charge in [-0.15, -0.1) is 0 Å². The van der Waals surface area contributed by atoms with Crippen molar-refractivity contribution in [2.45, 2.75) is 19.4 Å². The zero-order valence-corrected chi connectivity index (χ0v) is 7.58. The highest BCUT2D eigenvalue weighted by molar-refractivity contribution is 5.21. The van der Waals surface area contributed by atoms with Crippen LogP contribution in [0.2, 0.25) is 0 Å². The van der Waals surface area contributed by atoms with Gasteiger partial charge in [0.1, 0.15) is 0 Å². The fourth-order valence-electron chi connectivity index (χ4n) is 1.29. The molecule has 0 saturated heterocycles. The van der Waals surface area contributed by atoms with E-state index in [-0.39, 0.29) is 18.2 Å². The summed E-state index contributed by atoms with van der Waals surface area (Å²) in [4.78, 5) is 13.5. The zero-order valence-electron chi connectivity index (χ0n) is 7.58. The number of nitrogens with two attached hydrogens (primary N) is 1. The van der Waals surface area contributed by atoms with Crippen LogP contribution in [0.4, 0.5) is 0 Å². The Labute approximate surface area is 76.4 Å². The van der Waals surface area contributed by atoms with Gasteiger partial charge in [-0.2, -0.15) is 0 Å². The van der Waals surface area contributed by atoms with Crippen LogP contribution in [-0.4, -0.2) is 16.7 Å². The summed E-state index contributed by atoms with van der Waals surface area (Å²) in [6.45, 7) is 1.85. The Morgan fingerprint density at radius 3 is 2.85 bits per heavy atom.